The summed E-state index contributed by atoms with van der Waals surface area (Å²) < 4.78 is 0. The maximum Gasteiger partial charge on any atom is 0.251 e. The second kappa shape index (κ2) is 4.94. The Balaban J connectivity index is 1.88. The molecule has 1 aromatic carbocycles. The van der Waals surface area contributed by atoms with Gasteiger partial charge in [0, 0.05) is 12.1 Å². The average Bonchev–Trinajstić information content (AvgIpc) is 2.26. The highest BCUT2D eigenvalue weighted by molar-refractivity contribution is 6.32. The molecule has 0 spiro atoms. The van der Waals surface area contributed by atoms with Gasteiger partial charge in [0.2, 0.25) is 0 Å². The zero-order chi connectivity index (χ0) is 12.4. The molecule has 92 valence electrons. The summed E-state index contributed by atoms with van der Waals surface area (Å²) in [6.45, 7) is 0.564. The van der Waals surface area contributed by atoms with Crippen molar-refractivity contribution in [3.05, 3.63) is 28.8 Å². The second-order valence-corrected chi connectivity index (χ2v) is 4.77. The molecule has 1 fully saturated rings. The molecule has 3 N–H and O–H groups in total. The van der Waals surface area contributed by atoms with Crippen molar-refractivity contribution in [1.29, 1.82) is 0 Å². The van der Waals surface area contributed by atoms with Crippen LogP contribution in [0.1, 0.15) is 23.2 Å². The van der Waals surface area contributed by atoms with Crippen LogP contribution < -0.4 is 5.32 Å². The molecule has 4 nitrogen and oxygen atoms in total. The first-order valence-corrected chi connectivity index (χ1v) is 5.89. The number of aliphatic hydroxyl groups is 1. The number of hydrogen-bond donors (Lipinski definition) is 3. The van der Waals surface area contributed by atoms with E-state index in [0.717, 1.165) is 12.8 Å². The van der Waals surface area contributed by atoms with E-state index in [0.29, 0.717) is 18.0 Å². The summed E-state index contributed by atoms with van der Waals surface area (Å²) in [6.07, 6.45) is 1.28. The van der Waals surface area contributed by atoms with Crippen LogP contribution in [0.15, 0.2) is 18.2 Å². The van der Waals surface area contributed by atoms with E-state index in [9.17, 15) is 9.90 Å². The molecule has 1 aliphatic rings. The SMILES string of the molecule is O=C(NCC1CC(O)C1)c1ccc(O)c(Cl)c1. The molecule has 0 atom stereocenters. The van der Waals surface area contributed by atoms with Crippen molar-refractivity contribution in [2.24, 2.45) is 5.92 Å². The molecule has 1 amide bonds. The molecule has 0 bridgehead atoms. The molecular formula is C12H14ClNO3. The van der Waals surface area contributed by atoms with Gasteiger partial charge in [-0.15, -0.1) is 0 Å². The van der Waals surface area contributed by atoms with Crippen LogP contribution >= 0.6 is 11.6 Å². The van der Waals surface area contributed by atoms with Crippen molar-refractivity contribution in [2.75, 3.05) is 6.54 Å². The number of phenols is 1. The minimum atomic E-state index is -0.215. The minimum Gasteiger partial charge on any atom is -0.506 e. The predicted molar refractivity (Wildman–Crippen MR) is 64.2 cm³/mol. The van der Waals surface area contributed by atoms with Crippen molar-refractivity contribution in [3.8, 4) is 5.75 Å². The highest BCUT2D eigenvalue weighted by Gasteiger charge is 2.27. The lowest BCUT2D eigenvalue weighted by Gasteiger charge is -2.31. The first-order valence-electron chi connectivity index (χ1n) is 5.51. The van der Waals surface area contributed by atoms with E-state index in [2.05, 4.69) is 5.32 Å². The van der Waals surface area contributed by atoms with E-state index in [1.807, 2.05) is 0 Å². The standard InChI is InChI=1S/C12H14ClNO3/c13-10-5-8(1-2-11(10)16)12(17)14-6-7-3-9(15)4-7/h1-2,5,7,9,15-16H,3-4,6H2,(H,14,17). The van der Waals surface area contributed by atoms with Crippen molar-refractivity contribution in [3.63, 3.8) is 0 Å². The largest absolute Gasteiger partial charge is 0.506 e. The van der Waals surface area contributed by atoms with Crippen LogP contribution in [0.5, 0.6) is 5.75 Å². The van der Waals surface area contributed by atoms with Crippen LogP contribution in [0.4, 0.5) is 0 Å². The molecule has 2 rings (SSSR count). The molecule has 1 aliphatic carbocycles. The number of nitrogens with one attached hydrogen (secondary N) is 1. The molecule has 0 radical (unpaired) electrons. The third-order valence-corrected chi connectivity index (χ3v) is 3.27. The minimum absolute atomic E-state index is 0.0367. The van der Waals surface area contributed by atoms with E-state index >= 15 is 0 Å². The number of phenolic OH excluding ortho intramolecular Hbond substituents is 1. The first kappa shape index (κ1) is 12.2. The van der Waals surface area contributed by atoms with Gasteiger partial charge in [-0.1, -0.05) is 11.6 Å². The van der Waals surface area contributed by atoms with Crippen LogP contribution in [0.25, 0.3) is 0 Å². The normalized spacial score (nSPS) is 22.9. The van der Waals surface area contributed by atoms with Crippen LogP contribution in [-0.4, -0.2) is 28.8 Å². The maximum absolute atomic E-state index is 11.7. The molecule has 0 unspecified atom stereocenters. The summed E-state index contributed by atoms with van der Waals surface area (Å²) in [6, 6.07) is 4.35. The van der Waals surface area contributed by atoms with Gasteiger partial charge in [-0.2, -0.15) is 0 Å². The molecule has 5 heteroatoms. The lowest BCUT2D eigenvalue weighted by molar-refractivity contribution is 0.0420. The summed E-state index contributed by atoms with van der Waals surface area (Å²) >= 11 is 5.72. The van der Waals surface area contributed by atoms with E-state index in [4.69, 9.17) is 16.7 Å². The number of hydrogen-bond acceptors (Lipinski definition) is 3. The van der Waals surface area contributed by atoms with Gasteiger partial charge in [-0.25, -0.2) is 0 Å². The highest BCUT2D eigenvalue weighted by Crippen LogP contribution is 2.26. The highest BCUT2D eigenvalue weighted by atomic mass is 35.5. The number of aromatic hydroxyl groups is 1. The Kier molecular flexibility index (Phi) is 3.54. The van der Waals surface area contributed by atoms with E-state index in [1.54, 1.807) is 0 Å². The quantitative estimate of drug-likeness (QED) is 0.768. The van der Waals surface area contributed by atoms with Gasteiger partial charge in [-0.3, -0.25) is 4.79 Å². The predicted octanol–water partition coefficient (Wildman–Crippen LogP) is 1.55. The summed E-state index contributed by atoms with van der Waals surface area (Å²) in [4.78, 5) is 11.7. The van der Waals surface area contributed by atoms with Crippen LogP contribution in [0.2, 0.25) is 5.02 Å². The van der Waals surface area contributed by atoms with Crippen LogP contribution in [0.3, 0.4) is 0 Å². The summed E-state index contributed by atoms with van der Waals surface area (Å²) in [5, 5.41) is 21.3. The lowest BCUT2D eigenvalue weighted by atomic mass is 9.82. The molecule has 0 aromatic heterocycles. The van der Waals surface area contributed by atoms with Crippen LogP contribution in [-0.2, 0) is 0 Å². The number of benzene rings is 1. The Labute approximate surface area is 104 Å². The molecule has 0 saturated heterocycles. The molecule has 0 heterocycles. The molecule has 17 heavy (non-hydrogen) atoms. The summed E-state index contributed by atoms with van der Waals surface area (Å²) in [7, 11) is 0. The third-order valence-electron chi connectivity index (χ3n) is 2.97. The fourth-order valence-electron chi connectivity index (χ4n) is 1.85. The topological polar surface area (TPSA) is 69.6 Å². The number of rotatable bonds is 3. The first-order chi connectivity index (χ1) is 8.06. The third kappa shape index (κ3) is 2.90. The summed E-state index contributed by atoms with van der Waals surface area (Å²) in [5.74, 6) is 0.111. The maximum atomic E-state index is 11.7. The molecule has 0 aliphatic heterocycles. The molecule has 1 saturated carbocycles. The van der Waals surface area contributed by atoms with Gasteiger partial charge in [0.05, 0.1) is 11.1 Å². The Morgan fingerprint density at radius 2 is 2.18 bits per heavy atom. The van der Waals surface area contributed by atoms with Crippen molar-refractivity contribution in [2.45, 2.75) is 18.9 Å². The lowest BCUT2D eigenvalue weighted by Crippen LogP contribution is -2.38. The van der Waals surface area contributed by atoms with Gasteiger partial charge in [0.25, 0.3) is 5.91 Å². The zero-order valence-electron chi connectivity index (χ0n) is 9.19. The number of amides is 1. The van der Waals surface area contributed by atoms with Gasteiger partial charge in [0.1, 0.15) is 5.75 Å². The number of aliphatic hydroxyl groups excluding tert-OH is 1. The van der Waals surface area contributed by atoms with E-state index in [-0.39, 0.29) is 22.8 Å². The van der Waals surface area contributed by atoms with E-state index in [1.165, 1.54) is 18.2 Å². The van der Waals surface area contributed by atoms with Gasteiger partial charge in [0.15, 0.2) is 0 Å². The van der Waals surface area contributed by atoms with Gasteiger partial charge in [-0.05, 0) is 37.0 Å². The fraction of sp³-hybridized carbons (Fsp3) is 0.417. The van der Waals surface area contributed by atoms with Crippen LogP contribution in [0, 0.1) is 5.92 Å². The Bertz CT molecular complexity index is 430. The number of carbonyl (C=O) groups excluding carboxylic acids is 1. The number of halogens is 1. The molecular weight excluding hydrogens is 242 g/mol. The van der Waals surface area contributed by atoms with E-state index < -0.39 is 0 Å². The Hall–Kier alpha value is -1.26. The Morgan fingerprint density at radius 3 is 2.76 bits per heavy atom. The number of carbonyl (C=O) groups is 1. The Morgan fingerprint density at radius 1 is 1.47 bits per heavy atom. The van der Waals surface area contributed by atoms with Crippen molar-refractivity contribution in [1.82, 2.24) is 5.32 Å². The zero-order valence-corrected chi connectivity index (χ0v) is 9.94. The smallest absolute Gasteiger partial charge is 0.251 e. The van der Waals surface area contributed by atoms with Gasteiger partial charge < -0.3 is 15.5 Å². The monoisotopic (exact) mass is 255 g/mol. The summed E-state index contributed by atoms with van der Waals surface area (Å²) in [5.41, 5.74) is 0.424. The van der Waals surface area contributed by atoms with Crippen molar-refractivity contribution < 1.29 is 15.0 Å². The molecule has 1 aromatic rings. The average molecular weight is 256 g/mol. The fourth-order valence-corrected chi connectivity index (χ4v) is 2.03. The van der Waals surface area contributed by atoms with Gasteiger partial charge >= 0.3 is 0 Å². The second-order valence-electron chi connectivity index (χ2n) is 4.37. The van der Waals surface area contributed by atoms with Crippen molar-refractivity contribution >= 4 is 17.5 Å².